The molecular formula is C9H7O. The molecule has 1 aromatic carbocycles. The molecule has 1 aromatic rings. The van der Waals surface area contributed by atoms with Crippen LogP contribution >= 0.6 is 0 Å². The van der Waals surface area contributed by atoms with Gasteiger partial charge in [0.25, 0.3) is 0 Å². The Balaban J connectivity index is 2.60. The number of hydrogen-bond donors (Lipinski definition) is 1. The molecule has 0 saturated heterocycles. The van der Waals surface area contributed by atoms with Crippen LogP contribution in [0.25, 0.3) is 6.08 Å². The predicted molar refractivity (Wildman–Crippen MR) is 39.5 cm³/mol. The van der Waals surface area contributed by atoms with Crippen LogP contribution in [0, 0.1) is 6.08 Å². The summed E-state index contributed by atoms with van der Waals surface area (Å²) in [4.78, 5) is 0. The van der Waals surface area contributed by atoms with Crippen molar-refractivity contribution in [3.8, 4) is 5.75 Å². The summed E-state index contributed by atoms with van der Waals surface area (Å²) in [6.07, 6.45) is 5.88. The third kappa shape index (κ3) is 0.711. The van der Waals surface area contributed by atoms with Gasteiger partial charge in [0.05, 0.1) is 0 Å². The van der Waals surface area contributed by atoms with Crippen molar-refractivity contribution in [2.45, 2.75) is 6.42 Å². The average Bonchev–Trinajstić information content (AvgIpc) is 2.33. The van der Waals surface area contributed by atoms with Gasteiger partial charge in [-0.2, -0.15) is 0 Å². The highest BCUT2D eigenvalue weighted by atomic mass is 16.3. The Morgan fingerprint density at radius 3 is 3.20 bits per heavy atom. The molecule has 1 aliphatic rings. The molecule has 10 heavy (non-hydrogen) atoms. The van der Waals surface area contributed by atoms with Crippen LogP contribution in [-0.4, -0.2) is 5.11 Å². The van der Waals surface area contributed by atoms with Crippen molar-refractivity contribution in [3.63, 3.8) is 0 Å². The van der Waals surface area contributed by atoms with E-state index in [1.165, 1.54) is 5.56 Å². The lowest BCUT2D eigenvalue weighted by molar-refractivity contribution is 0.475. The highest BCUT2D eigenvalue weighted by Gasteiger charge is 2.04. The number of benzene rings is 1. The molecule has 1 radical (unpaired) electrons. The first kappa shape index (κ1) is 5.54. The van der Waals surface area contributed by atoms with E-state index in [1.807, 2.05) is 12.1 Å². The van der Waals surface area contributed by atoms with Gasteiger partial charge in [0.2, 0.25) is 0 Å². The summed E-state index contributed by atoms with van der Waals surface area (Å²) in [5.74, 6) is 0.332. The number of fused-ring (bicyclic) bond motifs is 1. The van der Waals surface area contributed by atoms with Crippen molar-refractivity contribution >= 4 is 6.08 Å². The zero-order valence-electron chi connectivity index (χ0n) is 5.46. The first-order valence-corrected chi connectivity index (χ1v) is 3.25. The van der Waals surface area contributed by atoms with E-state index < -0.39 is 0 Å². The summed E-state index contributed by atoms with van der Waals surface area (Å²) < 4.78 is 0. The van der Waals surface area contributed by atoms with Crippen molar-refractivity contribution in [1.29, 1.82) is 0 Å². The van der Waals surface area contributed by atoms with E-state index in [0.29, 0.717) is 5.75 Å². The lowest BCUT2D eigenvalue weighted by Gasteiger charge is -1.96. The second kappa shape index (κ2) is 1.87. The van der Waals surface area contributed by atoms with E-state index in [1.54, 1.807) is 12.1 Å². The van der Waals surface area contributed by atoms with Crippen LogP contribution in [-0.2, 0) is 6.42 Å². The Hall–Kier alpha value is -1.24. The molecule has 0 amide bonds. The first-order chi connectivity index (χ1) is 4.86. The summed E-state index contributed by atoms with van der Waals surface area (Å²) >= 11 is 0. The van der Waals surface area contributed by atoms with Crippen molar-refractivity contribution < 1.29 is 5.11 Å². The van der Waals surface area contributed by atoms with Gasteiger partial charge in [-0.3, -0.25) is 0 Å². The highest BCUT2D eigenvalue weighted by Crippen LogP contribution is 2.22. The molecule has 1 aliphatic carbocycles. The van der Waals surface area contributed by atoms with Crippen LogP contribution in [0.1, 0.15) is 11.1 Å². The Bertz CT molecular complexity index is 287. The first-order valence-electron chi connectivity index (χ1n) is 3.25. The molecule has 0 saturated carbocycles. The highest BCUT2D eigenvalue weighted by molar-refractivity contribution is 5.59. The SMILES string of the molecule is Oc1ccc2c(c1)C=[C]C2. The maximum atomic E-state index is 9.05. The zero-order valence-corrected chi connectivity index (χ0v) is 5.46. The van der Waals surface area contributed by atoms with Crippen molar-refractivity contribution in [2.75, 3.05) is 0 Å². The smallest absolute Gasteiger partial charge is 0.116 e. The van der Waals surface area contributed by atoms with Gasteiger partial charge in [-0.05, 0) is 35.8 Å². The Labute approximate surface area is 59.6 Å². The summed E-state index contributed by atoms with van der Waals surface area (Å²) in [6, 6.07) is 5.40. The predicted octanol–water partition coefficient (Wildman–Crippen LogP) is 1.76. The van der Waals surface area contributed by atoms with Crippen molar-refractivity contribution in [2.24, 2.45) is 0 Å². The van der Waals surface area contributed by atoms with Gasteiger partial charge in [0.15, 0.2) is 0 Å². The minimum absolute atomic E-state index is 0.332. The van der Waals surface area contributed by atoms with Crippen LogP contribution in [0.4, 0.5) is 0 Å². The molecule has 1 N–H and O–H groups in total. The summed E-state index contributed by atoms with van der Waals surface area (Å²) in [6.45, 7) is 0. The summed E-state index contributed by atoms with van der Waals surface area (Å²) in [5, 5.41) is 9.05. The van der Waals surface area contributed by atoms with Crippen LogP contribution in [0.5, 0.6) is 5.75 Å². The maximum Gasteiger partial charge on any atom is 0.116 e. The van der Waals surface area contributed by atoms with Gasteiger partial charge < -0.3 is 5.11 Å². The fraction of sp³-hybridized carbons (Fsp3) is 0.111. The molecule has 0 bridgehead atoms. The normalized spacial score (nSPS) is 13.6. The van der Waals surface area contributed by atoms with Crippen molar-refractivity contribution in [1.82, 2.24) is 0 Å². The third-order valence-corrected chi connectivity index (χ3v) is 1.68. The Morgan fingerprint density at radius 2 is 2.30 bits per heavy atom. The third-order valence-electron chi connectivity index (χ3n) is 1.68. The fourth-order valence-electron chi connectivity index (χ4n) is 1.15. The van der Waals surface area contributed by atoms with E-state index in [2.05, 4.69) is 6.08 Å². The van der Waals surface area contributed by atoms with Gasteiger partial charge in [-0.25, -0.2) is 0 Å². The van der Waals surface area contributed by atoms with Gasteiger partial charge in [-0.15, -0.1) is 0 Å². The molecular weight excluding hydrogens is 124 g/mol. The molecule has 1 nitrogen and oxygen atoms in total. The topological polar surface area (TPSA) is 20.2 Å². The van der Waals surface area contributed by atoms with E-state index >= 15 is 0 Å². The minimum Gasteiger partial charge on any atom is -0.508 e. The van der Waals surface area contributed by atoms with E-state index in [9.17, 15) is 0 Å². The fourth-order valence-corrected chi connectivity index (χ4v) is 1.15. The molecule has 0 atom stereocenters. The Morgan fingerprint density at radius 1 is 1.40 bits per heavy atom. The monoisotopic (exact) mass is 131 g/mol. The summed E-state index contributed by atoms with van der Waals surface area (Å²) in [5.41, 5.74) is 2.35. The summed E-state index contributed by atoms with van der Waals surface area (Å²) in [7, 11) is 0. The van der Waals surface area contributed by atoms with E-state index in [0.717, 1.165) is 12.0 Å². The molecule has 49 valence electrons. The number of rotatable bonds is 0. The zero-order chi connectivity index (χ0) is 6.97. The average molecular weight is 131 g/mol. The number of aromatic hydroxyl groups is 1. The van der Waals surface area contributed by atoms with Gasteiger partial charge >= 0.3 is 0 Å². The van der Waals surface area contributed by atoms with Crippen LogP contribution in [0.3, 0.4) is 0 Å². The van der Waals surface area contributed by atoms with Crippen LogP contribution in [0.2, 0.25) is 0 Å². The maximum absolute atomic E-state index is 9.05. The van der Waals surface area contributed by atoms with Gasteiger partial charge in [0, 0.05) is 0 Å². The lowest BCUT2D eigenvalue weighted by Crippen LogP contribution is -1.78. The standard InChI is InChI=1S/C9H7O/c10-9-5-4-7-2-1-3-8(7)6-9/h3-6,10H,2H2. The molecule has 0 aromatic heterocycles. The van der Waals surface area contributed by atoms with Crippen LogP contribution < -0.4 is 0 Å². The molecule has 0 fully saturated rings. The molecule has 1 heteroatoms. The molecule has 0 heterocycles. The number of phenolic OH excluding ortho intramolecular Hbond substituents is 1. The number of hydrogen-bond acceptors (Lipinski definition) is 1. The molecule has 2 rings (SSSR count). The van der Waals surface area contributed by atoms with Crippen LogP contribution in [0.15, 0.2) is 18.2 Å². The lowest BCUT2D eigenvalue weighted by atomic mass is 10.1. The largest absolute Gasteiger partial charge is 0.508 e. The Kier molecular flexibility index (Phi) is 1.04. The number of allylic oxidation sites excluding steroid dienone is 1. The molecule has 0 spiro atoms. The second-order valence-electron chi connectivity index (χ2n) is 2.41. The number of phenols is 1. The quantitative estimate of drug-likeness (QED) is 0.568. The minimum atomic E-state index is 0.332. The van der Waals surface area contributed by atoms with Gasteiger partial charge in [-0.1, -0.05) is 12.1 Å². The molecule has 0 unspecified atom stereocenters. The second-order valence-corrected chi connectivity index (χ2v) is 2.41. The van der Waals surface area contributed by atoms with E-state index in [4.69, 9.17) is 5.11 Å². The van der Waals surface area contributed by atoms with Crippen molar-refractivity contribution in [3.05, 3.63) is 35.4 Å². The molecule has 0 aliphatic heterocycles. The van der Waals surface area contributed by atoms with Gasteiger partial charge in [0.1, 0.15) is 5.75 Å². The van der Waals surface area contributed by atoms with E-state index in [-0.39, 0.29) is 0 Å².